The minimum atomic E-state index is -0.536. The smallest absolute Gasteiger partial charge is 0.412 e. The highest BCUT2D eigenvalue weighted by atomic mass is 16.6. The summed E-state index contributed by atoms with van der Waals surface area (Å²) in [7, 11) is 1.63. The van der Waals surface area contributed by atoms with Gasteiger partial charge in [0.25, 0.3) is 0 Å². The Hall–Kier alpha value is -3.69. The van der Waals surface area contributed by atoms with Crippen LogP contribution in [0, 0.1) is 0 Å². The van der Waals surface area contributed by atoms with E-state index >= 15 is 0 Å². The van der Waals surface area contributed by atoms with Crippen LogP contribution < -0.4 is 15.4 Å². The number of para-hydroxylation sites is 1. The lowest BCUT2D eigenvalue weighted by molar-refractivity contribution is 0.00917. The van der Waals surface area contributed by atoms with Crippen molar-refractivity contribution in [3.05, 3.63) is 66.9 Å². The zero-order valence-electron chi connectivity index (χ0n) is 18.0. The molecule has 3 aromatic rings. The van der Waals surface area contributed by atoms with Crippen molar-refractivity contribution < 1.29 is 23.7 Å². The molecular formula is C24H24N4O5. The van der Waals surface area contributed by atoms with Gasteiger partial charge in [0.05, 0.1) is 32.1 Å². The number of carbonyl (C=O) groups excluding carboxylic acids is 1. The van der Waals surface area contributed by atoms with Gasteiger partial charge in [0.2, 0.25) is 5.95 Å². The van der Waals surface area contributed by atoms with Gasteiger partial charge in [-0.25, -0.2) is 14.8 Å². The van der Waals surface area contributed by atoms with Crippen LogP contribution in [0.3, 0.4) is 0 Å². The average Bonchev–Trinajstić information content (AvgIpc) is 3.43. The molecule has 9 nitrogen and oxygen atoms in total. The lowest BCUT2D eigenvalue weighted by Crippen LogP contribution is -2.38. The fourth-order valence-electron chi connectivity index (χ4n) is 4.01. The number of hydrogen-bond donors (Lipinski definition) is 2. The summed E-state index contributed by atoms with van der Waals surface area (Å²) < 4.78 is 22.6. The summed E-state index contributed by atoms with van der Waals surface area (Å²) in [5, 5.41) is 6.02. The number of methoxy groups -OCH3 is 1. The van der Waals surface area contributed by atoms with E-state index in [2.05, 4.69) is 20.6 Å². The van der Waals surface area contributed by atoms with Crippen molar-refractivity contribution in [2.45, 2.75) is 24.4 Å². The third-order valence-electron chi connectivity index (χ3n) is 5.64. The molecule has 3 heterocycles. The second-order valence-electron chi connectivity index (χ2n) is 7.78. The maximum atomic E-state index is 12.3. The van der Waals surface area contributed by atoms with Gasteiger partial charge in [-0.1, -0.05) is 18.2 Å². The average molecular weight is 448 g/mol. The fraction of sp³-hybridized carbons (Fsp3) is 0.292. The molecule has 0 bridgehead atoms. The SMILES string of the molecule is COc1ccc(-c2ccnc(N[C@H]3CO[C@H]4[C@@H]3OC[C@H]4OC(=O)Nc3ccccc3)n2)cc1. The summed E-state index contributed by atoms with van der Waals surface area (Å²) in [6.45, 7) is 0.661. The topological polar surface area (TPSA) is 104 Å². The largest absolute Gasteiger partial charge is 0.497 e. The summed E-state index contributed by atoms with van der Waals surface area (Å²) in [5.74, 6) is 1.26. The number of rotatable bonds is 6. The highest BCUT2D eigenvalue weighted by Crippen LogP contribution is 2.31. The van der Waals surface area contributed by atoms with Crippen LogP contribution in [0.5, 0.6) is 5.75 Å². The quantitative estimate of drug-likeness (QED) is 0.592. The summed E-state index contributed by atoms with van der Waals surface area (Å²) in [5.41, 5.74) is 2.41. The van der Waals surface area contributed by atoms with Crippen LogP contribution in [-0.4, -0.2) is 60.7 Å². The standard InChI is InChI=1S/C24H24N4O5/c1-30-17-9-7-15(8-10-17)18-11-12-25-23(27-18)28-19-13-31-22-20(14-32-21(19)22)33-24(29)26-16-5-3-2-4-6-16/h2-12,19-22H,13-14H2,1H3,(H,26,29)(H,25,27,28)/t19-,20+,21+,22+/m0/s1. The van der Waals surface area contributed by atoms with E-state index in [1.807, 2.05) is 48.5 Å². The molecule has 2 aliphatic heterocycles. The van der Waals surface area contributed by atoms with Crippen LogP contribution in [0.25, 0.3) is 11.3 Å². The number of nitrogens with zero attached hydrogens (tertiary/aromatic N) is 2. The monoisotopic (exact) mass is 448 g/mol. The summed E-state index contributed by atoms with van der Waals surface area (Å²) in [4.78, 5) is 21.2. The molecule has 0 spiro atoms. The third kappa shape index (κ3) is 4.74. The number of amides is 1. The molecule has 2 aromatic carbocycles. The number of carbonyl (C=O) groups is 1. The molecule has 1 amide bonds. The van der Waals surface area contributed by atoms with Crippen LogP contribution >= 0.6 is 0 Å². The molecule has 0 radical (unpaired) electrons. The van der Waals surface area contributed by atoms with Crippen LogP contribution in [-0.2, 0) is 14.2 Å². The first-order valence-electron chi connectivity index (χ1n) is 10.7. The molecule has 170 valence electrons. The lowest BCUT2D eigenvalue weighted by Gasteiger charge is -2.18. The van der Waals surface area contributed by atoms with Crippen molar-refractivity contribution >= 4 is 17.7 Å². The molecule has 2 N–H and O–H groups in total. The molecule has 5 rings (SSSR count). The van der Waals surface area contributed by atoms with Crippen LogP contribution in [0.2, 0.25) is 0 Å². The number of anilines is 2. The second-order valence-corrected chi connectivity index (χ2v) is 7.78. The predicted octanol–water partition coefficient (Wildman–Crippen LogP) is 3.35. The molecule has 33 heavy (non-hydrogen) atoms. The van der Waals surface area contributed by atoms with Crippen LogP contribution in [0.15, 0.2) is 66.9 Å². The first-order chi connectivity index (χ1) is 16.2. The van der Waals surface area contributed by atoms with Gasteiger partial charge >= 0.3 is 6.09 Å². The number of nitrogens with one attached hydrogen (secondary N) is 2. The maximum Gasteiger partial charge on any atom is 0.412 e. The van der Waals surface area contributed by atoms with Crippen molar-refractivity contribution in [1.82, 2.24) is 9.97 Å². The van der Waals surface area contributed by atoms with Gasteiger partial charge in [0.1, 0.15) is 18.0 Å². The number of hydrogen-bond acceptors (Lipinski definition) is 8. The first kappa shape index (κ1) is 21.2. The van der Waals surface area contributed by atoms with Gasteiger partial charge in [0, 0.05) is 17.4 Å². The zero-order chi connectivity index (χ0) is 22.6. The summed E-state index contributed by atoms with van der Waals surface area (Å²) >= 11 is 0. The Balaban J connectivity index is 1.20. The van der Waals surface area contributed by atoms with Crippen LogP contribution in [0.1, 0.15) is 0 Å². The summed E-state index contributed by atoms with van der Waals surface area (Å²) in [6, 6.07) is 18.5. The minimum absolute atomic E-state index is 0.160. The van der Waals surface area contributed by atoms with E-state index in [4.69, 9.17) is 18.9 Å². The van der Waals surface area contributed by atoms with Crippen molar-refractivity contribution in [2.75, 3.05) is 31.0 Å². The van der Waals surface area contributed by atoms with Gasteiger partial charge in [-0.05, 0) is 42.5 Å². The normalized spacial score (nSPS) is 23.5. The minimum Gasteiger partial charge on any atom is -0.497 e. The van der Waals surface area contributed by atoms with Gasteiger partial charge in [-0.15, -0.1) is 0 Å². The Morgan fingerprint density at radius 3 is 2.58 bits per heavy atom. The number of ether oxygens (including phenoxy) is 4. The Labute approximate surface area is 191 Å². The number of fused-ring (bicyclic) bond motifs is 1. The maximum absolute atomic E-state index is 12.3. The lowest BCUT2D eigenvalue weighted by atomic mass is 10.1. The second kappa shape index (κ2) is 9.43. The molecule has 2 fully saturated rings. The van der Waals surface area contributed by atoms with E-state index in [0.29, 0.717) is 18.2 Å². The molecule has 2 saturated heterocycles. The Kier molecular flexibility index (Phi) is 6.05. The molecule has 0 unspecified atom stereocenters. The van der Waals surface area contributed by atoms with E-state index in [1.165, 1.54) is 0 Å². The number of benzene rings is 2. The molecule has 4 atom stereocenters. The van der Waals surface area contributed by atoms with E-state index in [-0.39, 0.29) is 24.9 Å². The highest BCUT2D eigenvalue weighted by Gasteiger charge is 2.49. The molecule has 2 aliphatic rings. The Morgan fingerprint density at radius 1 is 1.00 bits per heavy atom. The molecule has 0 saturated carbocycles. The zero-order valence-corrected chi connectivity index (χ0v) is 18.0. The number of aromatic nitrogens is 2. The van der Waals surface area contributed by atoms with Gasteiger partial charge in [-0.3, -0.25) is 5.32 Å². The van der Waals surface area contributed by atoms with Crippen molar-refractivity contribution in [2.24, 2.45) is 0 Å². The Morgan fingerprint density at radius 2 is 1.79 bits per heavy atom. The van der Waals surface area contributed by atoms with E-state index in [9.17, 15) is 4.79 Å². The predicted molar refractivity (Wildman–Crippen MR) is 121 cm³/mol. The van der Waals surface area contributed by atoms with Crippen molar-refractivity contribution in [3.63, 3.8) is 0 Å². The van der Waals surface area contributed by atoms with Gasteiger partial charge < -0.3 is 24.3 Å². The fourth-order valence-corrected chi connectivity index (χ4v) is 4.01. The highest BCUT2D eigenvalue weighted by molar-refractivity contribution is 5.84. The third-order valence-corrected chi connectivity index (χ3v) is 5.64. The van der Waals surface area contributed by atoms with Crippen molar-refractivity contribution in [1.29, 1.82) is 0 Å². The van der Waals surface area contributed by atoms with E-state index in [1.54, 1.807) is 25.4 Å². The Bertz CT molecular complexity index is 1100. The van der Waals surface area contributed by atoms with E-state index < -0.39 is 12.2 Å². The molecular weight excluding hydrogens is 424 g/mol. The first-order valence-corrected chi connectivity index (χ1v) is 10.7. The summed E-state index contributed by atoms with van der Waals surface area (Å²) in [6.07, 6.45) is 0.0574. The molecule has 1 aromatic heterocycles. The molecule has 0 aliphatic carbocycles. The van der Waals surface area contributed by atoms with Crippen LogP contribution in [0.4, 0.5) is 16.4 Å². The van der Waals surface area contributed by atoms with Crippen molar-refractivity contribution in [3.8, 4) is 17.0 Å². The van der Waals surface area contributed by atoms with E-state index in [0.717, 1.165) is 17.0 Å². The molecule has 9 heteroatoms. The van der Waals surface area contributed by atoms with Gasteiger partial charge in [-0.2, -0.15) is 0 Å². The van der Waals surface area contributed by atoms with Gasteiger partial charge in [0.15, 0.2) is 6.10 Å².